The second kappa shape index (κ2) is 23.6. The van der Waals surface area contributed by atoms with Crippen molar-refractivity contribution in [1.29, 1.82) is 0 Å². The lowest BCUT2D eigenvalue weighted by atomic mass is 9.81. The van der Waals surface area contributed by atoms with E-state index in [4.69, 9.17) is 9.47 Å². The van der Waals surface area contributed by atoms with Gasteiger partial charge in [-0.2, -0.15) is 0 Å². The van der Waals surface area contributed by atoms with Crippen LogP contribution in [0.3, 0.4) is 0 Å². The Hall–Kier alpha value is -6.51. The number of aryl methyl sites for hydroxylation is 3. The summed E-state index contributed by atoms with van der Waals surface area (Å²) in [7, 11) is 0. The molecule has 3 fully saturated rings. The van der Waals surface area contributed by atoms with E-state index in [0.717, 1.165) is 80.2 Å². The standard InChI is InChI=1S/C54H67N7O12/c1-31-21-39(22-32(2)47(31)65)51(68)56-27-44(63)48(66)49-46(58-45(64)29-61-28-42(59-60-61)36-12-4-3-5-13-36)43(62)25-54(73-49,53(70)71)19-7-11-33-9-6-10-34(23-33)26-55-50(67)37-16-15-35-17-18-41(40(35)24-37)57-52(69)38-14-8-20-72-30-38/h6-7,9-11,15-16,21-24,28,36,38,41,43-44,46,48-49,62-63,65-66H,3-5,8,12-14,17-20,25-27,29-30H2,1-2H3,(H,55,67)(H,56,68)(H,57,69)(H,58,64)(H,70,71)/b11-7+/t38?,41?,43-,44+,46+,48+,49+,54+/m0/s1. The Morgan fingerprint density at radius 2 is 1.67 bits per heavy atom. The second-order valence-electron chi connectivity index (χ2n) is 20.1. The minimum atomic E-state index is -2.15. The summed E-state index contributed by atoms with van der Waals surface area (Å²) in [5, 5.41) is 75.5. The third-order valence-electron chi connectivity index (χ3n) is 14.7. The number of aliphatic carboxylic acids is 1. The minimum Gasteiger partial charge on any atom is -0.507 e. The smallest absolute Gasteiger partial charge is 0.336 e. The largest absolute Gasteiger partial charge is 0.507 e. The van der Waals surface area contributed by atoms with Crippen LogP contribution in [0.4, 0.5) is 0 Å². The fourth-order valence-electron chi connectivity index (χ4n) is 10.6. The molecule has 4 aliphatic rings. The van der Waals surface area contributed by atoms with Gasteiger partial charge >= 0.3 is 5.97 Å². The lowest BCUT2D eigenvalue weighted by molar-refractivity contribution is -0.226. The van der Waals surface area contributed by atoms with Gasteiger partial charge in [-0.15, -0.1) is 5.10 Å². The lowest BCUT2D eigenvalue weighted by Gasteiger charge is -2.47. The van der Waals surface area contributed by atoms with Gasteiger partial charge < -0.3 is 56.3 Å². The van der Waals surface area contributed by atoms with E-state index in [0.29, 0.717) is 35.5 Å². The van der Waals surface area contributed by atoms with Crippen LogP contribution in [0.15, 0.2) is 66.9 Å². The maximum atomic E-state index is 13.6. The molecule has 0 bridgehead atoms. The summed E-state index contributed by atoms with van der Waals surface area (Å²) in [6.45, 7) is 3.68. The van der Waals surface area contributed by atoms with E-state index in [2.05, 4.69) is 31.6 Å². The molecule has 2 aliphatic carbocycles. The summed E-state index contributed by atoms with van der Waals surface area (Å²) < 4.78 is 13.1. The average molecular weight is 1010 g/mol. The fraction of sp³-hybridized carbons (Fsp3) is 0.500. The number of benzene rings is 3. The molecular formula is C54H67N7O12. The number of aromatic nitrogens is 3. The lowest BCUT2D eigenvalue weighted by Crippen LogP contribution is -2.67. The zero-order valence-electron chi connectivity index (χ0n) is 41.3. The van der Waals surface area contributed by atoms with Crippen molar-refractivity contribution >= 4 is 35.7 Å². The van der Waals surface area contributed by atoms with Gasteiger partial charge in [-0.05, 0) is 116 Å². The first-order chi connectivity index (χ1) is 35.1. The third kappa shape index (κ3) is 12.8. The molecule has 390 valence electrons. The molecule has 9 N–H and O–H groups in total. The SMILES string of the molecule is Cc1cc(C(=O)NC[C@@H](O)[C@@H](O)[C@@H]2O[C@@](C/C=C/c3cccc(CNC(=O)c4ccc5c(c4)C(NC(=O)C4CCCOC4)CC5)c3)(C(=O)O)C[C@H](O)[C@H]2NC(=O)Cn2cc(C3CCCCC3)nn2)cc(C)c1O. The zero-order chi connectivity index (χ0) is 51.8. The topological polar surface area (TPSA) is 284 Å². The molecule has 2 unspecified atom stereocenters. The van der Waals surface area contributed by atoms with Crippen molar-refractivity contribution in [2.75, 3.05) is 19.8 Å². The number of carbonyl (C=O) groups excluding carboxylic acids is 4. The number of aliphatic hydroxyl groups is 3. The Labute approximate surface area is 423 Å². The number of aromatic hydroxyl groups is 1. The molecule has 3 heterocycles. The van der Waals surface area contributed by atoms with Gasteiger partial charge in [0, 0.05) is 55.8 Å². The number of aliphatic hydroxyl groups excluding tert-OH is 3. The molecule has 1 saturated carbocycles. The molecule has 8 rings (SSSR count). The van der Waals surface area contributed by atoms with Crippen LogP contribution in [0.2, 0.25) is 0 Å². The van der Waals surface area contributed by atoms with Crippen LogP contribution in [0.5, 0.6) is 5.75 Å². The number of hydrogen-bond donors (Lipinski definition) is 9. The maximum absolute atomic E-state index is 13.6. The van der Waals surface area contributed by atoms with Crippen LogP contribution in [0.1, 0.15) is 136 Å². The molecule has 2 aliphatic heterocycles. The number of rotatable bonds is 18. The predicted molar refractivity (Wildman–Crippen MR) is 266 cm³/mol. The molecule has 1 aromatic heterocycles. The van der Waals surface area contributed by atoms with Crippen LogP contribution >= 0.6 is 0 Å². The molecular weight excluding hydrogens is 939 g/mol. The van der Waals surface area contributed by atoms with Crippen LogP contribution < -0.4 is 21.3 Å². The molecule has 0 spiro atoms. The van der Waals surface area contributed by atoms with Gasteiger partial charge in [0.2, 0.25) is 11.8 Å². The van der Waals surface area contributed by atoms with Crippen molar-refractivity contribution < 1.29 is 59.0 Å². The van der Waals surface area contributed by atoms with Crippen molar-refractivity contribution in [3.63, 3.8) is 0 Å². The monoisotopic (exact) mass is 1010 g/mol. The van der Waals surface area contributed by atoms with Gasteiger partial charge in [-0.3, -0.25) is 19.2 Å². The number of phenols is 1. The molecule has 73 heavy (non-hydrogen) atoms. The van der Waals surface area contributed by atoms with Crippen LogP contribution in [0, 0.1) is 19.8 Å². The number of carbonyl (C=O) groups is 5. The molecule has 8 atom stereocenters. The van der Waals surface area contributed by atoms with E-state index in [1.165, 1.54) is 16.8 Å². The second-order valence-corrected chi connectivity index (χ2v) is 20.1. The summed E-state index contributed by atoms with van der Waals surface area (Å²) in [5.41, 5.74) is 3.63. The highest BCUT2D eigenvalue weighted by atomic mass is 16.6. The van der Waals surface area contributed by atoms with Crippen molar-refractivity contribution in [2.24, 2.45) is 5.92 Å². The van der Waals surface area contributed by atoms with E-state index >= 15 is 0 Å². The van der Waals surface area contributed by atoms with Crippen LogP contribution in [-0.2, 0) is 43.4 Å². The van der Waals surface area contributed by atoms with E-state index in [1.54, 1.807) is 50.4 Å². The molecule has 0 radical (unpaired) electrons. The molecule has 19 nitrogen and oxygen atoms in total. The number of nitrogens with one attached hydrogen (secondary N) is 4. The molecule has 19 heteroatoms. The maximum Gasteiger partial charge on any atom is 0.336 e. The Balaban J connectivity index is 0.929. The first-order valence-electron chi connectivity index (χ1n) is 25.3. The Morgan fingerprint density at radius 3 is 2.41 bits per heavy atom. The fourth-order valence-corrected chi connectivity index (χ4v) is 10.6. The number of amides is 4. The number of carboxylic acids is 1. The van der Waals surface area contributed by atoms with Crippen molar-refractivity contribution in [2.45, 2.75) is 146 Å². The quantitative estimate of drug-likeness (QED) is 0.0686. The Kier molecular flexibility index (Phi) is 17.1. The molecule has 4 amide bonds. The predicted octanol–water partition coefficient (Wildman–Crippen LogP) is 3.82. The minimum absolute atomic E-state index is 0.0313. The summed E-state index contributed by atoms with van der Waals surface area (Å²) >= 11 is 0. The van der Waals surface area contributed by atoms with Crippen LogP contribution in [0.25, 0.3) is 6.08 Å². The molecule has 2 saturated heterocycles. The van der Waals surface area contributed by atoms with Crippen molar-refractivity contribution in [3.05, 3.63) is 117 Å². The summed E-state index contributed by atoms with van der Waals surface area (Å²) in [4.78, 5) is 66.4. The Morgan fingerprint density at radius 1 is 0.904 bits per heavy atom. The highest BCUT2D eigenvalue weighted by Crippen LogP contribution is 2.37. The van der Waals surface area contributed by atoms with E-state index in [1.807, 2.05) is 24.3 Å². The Bertz CT molecular complexity index is 2660. The average Bonchev–Trinajstić information content (AvgIpc) is 4.03. The van der Waals surface area contributed by atoms with Crippen molar-refractivity contribution in [1.82, 2.24) is 36.3 Å². The van der Waals surface area contributed by atoms with Gasteiger partial charge in [0.15, 0.2) is 5.60 Å². The number of carboxylic acid groups (broad SMARTS) is 1. The number of hydrogen-bond acceptors (Lipinski definition) is 13. The number of phenolic OH excluding ortho intramolecular Hbond substituents is 1. The summed E-state index contributed by atoms with van der Waals surface area (Å²) in [5.74, 6) is -2.96. The highest BCUT2D eigenvalue weighted by Gasteiger charge is 2.54. The first-order valence-corrected chi connectivity index (χ1v) is 25.3. The zero-order valence-corrected chi connectivity index (χ0v) is 41.3. The molecule has 4 aromatic rings. The van der Waals surface area contributed by atoms with Crippen molar-refractivity contribution in [3.8, 4) is 5.75 Å². The van der Waals surface area contributed by atoms with Crippen LogP contribution in [-0.4, -0.2) is 126 Å². The van der Waals surface area contributed by atoms with Gasteiger partial charge in [0.25, 0.3) is 11.8 Å². The van der Waals surface area contributed by atoms with Gasteiger partial charge in [-0.1, -0.05) is 60.9 Å². The van der Waals surface area contributed by atoms with Gasteiger partial charge in [-0.25, -0.2) is 9.48 Å². The van der Waals surface area contributed by atoms with E-state index in [-0.39, 0.29) is 60.5 Å². The third-order valence-corrected chi connectivity index (χ3v) is 14.7. The highest BCUT2D eigenvalue weighted by molar-refractivity contribution is 5.95. The number of nitrogens with zero attached hydrogens (tertiary/aromatic N) is 3. The van der Waals surface area contributed by atoms with E-state index < -0.39 is 66.8 Å². The summed E-state index contributed by atoms with van der Waals surface area (Å²) in [6.07, 6.45) is 5.52. The number of ether oxygens (including phenoxy) is 2. The van der Waals surface area contributed by atoms with Gasteiger partial charge in [0.1, 0.15) is 24.5 Å². The van der Waals surface area contributed by atoms with E-state index in [9.17, 15) is 49.5 Å². The van der Waals surface area contributed by atoms with Gasteiger partial charge in [0.05, 0.1) is 42.5 Å². The summed E-state index contributed by atoms with van der Waals surface area (Å²) in [6, 6.07) is 14.1. The normalized spacial score (nSPS) is 24.0. The first kappa shape index (κ1) is 52.8. The number of fused-ring (bicyclic) bond motifs is 1. The molecule has 3 aromatic carbocycles.